The number of nitrogens with one attached hydrogen (secondary N) is 2. The maximum Gasteiger partial charge on any atom is 0.135 e. The average molecular weight is 318 g/mol. The van der Waals surface area contributed by atoms with Crippen LogP contribution in [0.2, 0.25) is 0 Å². The Morgan fingerprint density at radius 2 is 2.26 bits per heavy atom. The van der Waals surface area contributed by atoms with Gasteiger partial charge in [-0.05, 0) is 41.0 Å². The van der Waals surface area contributed by atoms with Gasteiger partial charge < -0.3 is 5.32 Å². The van der Waals surface area contributed by atoms with Gasteiger partial charge in [0, 0.05) is 29.4 Å². The van der Waals surface area contributed by atoms with Crippen LogP contribution in [0, 0.1) is 0 Å². The van der Waals surface area contributed by atoms with Crippen molar-refractivity contribution in [2.24, 2.45) is 0 Å². The van der Waals surface area contributed by atoms with Crippen LogP contribution in [-0.4, -0.2) is 33.3 Å². The number of fused-ring (bicyclic) bond motifs is 2. The van der Waals surface area contributed by atoms with Crippen LogP contribution in [0.1, 0.15) is 18.2 Å². The van der Waals surface area contributed by atoms with Gasteiger partial charge in [0.1, 0.15) is 10.4 Å². The Labute approximate surface area is 118 Å². The summed E-state index contributed by atoms with van der Waals surface area (Å²) in [6.45, 7) is 2.03. The van der Waals surface area contributed by atoms with Gasteiger partial charge in [0.15, 0.2) is 0 Å². The third-order valence-corrected chi connectivity index (χ3v) is 4.26. The molecule has 6 heteroatoms. The molecule has 4 rings (SSSR count). The van der Waals surface area contributed by atoms with Crippen LogP contribution < -0.4 is 5.32 Å². The largest absolute Gasteiger partial charge is 0.316 e. The molecule has 1 fully saturated rings. The van der Waals surface area contributed by atoms with E-state index in [0.29, 0.717) is 5.92 Å². The van der Waals surface area contributed by atoms with Gasteiger partial charge in [0.25, 0.3) is 0 Å². The van der Waals surface area contributed by atoms with Gasteiger partial charge in [-0.15, -0.1) is 0 Å². The van der Waals surface area contributed by atoms with E-state index in [9.17, 15) is 0 Å². The molecule has 3 heterocycles. The van der Waals surface area contributed by atoms with Crippen molar-refractivity contribution in [3.8, 4) is 0 Å². The predicted molar refractivity (Wildman–Crippen MR) is 77.1 cm³/mol. The summed E-state index contributed by atoms with van der Waals surface area (Å²) in [5.41, 5.74) is 1.98. The molecule has 1 unspecified atom stereocenters. The average Bonchev–Trinajstić information content (AvgIpc) is 3.07. The van der Waals surface area contributed by atoms with Crippen LogP contribution in [0.3, 0.4) is 0 Å². The van der Waals surface area contributed by atoms with Crippen molar-refractivity contribution in [2.45, 2.75) is 12.3 Å². The van der Waals surface area contributed by atoms with E-state index in [1.807, 2.05) is 12.3 Å². The van der Waals surface area contributed by atoms with E-state index in [1.165, 1.54) is 0 Å². The molecule has 2 N–H and O–H groups in total. The third kappa shape index (κ3) is 1.82. The van der Waals surface area contributed by atoms with Crippen LogP contribution in [-0.2, 0) is 0 Å². The number of rotatable bonds is 1. The summed E-state index contributed by atoms with van der Waals surface area (Å²) in [5, 5.41) is 12.6. The van der Waals surface area contributed by atoms with Gasteiger partial charge in [0.05, 0.1) is 11.0 Å². The van der Waals surface area contributed by atoms with Crippen LogP contribution in [0.25, 0.3) is 21.8 Å². The van der Waals surface area contributed by atoms with E-state index in [-0.39, 0.29) is 0 Å². The fourth-order valence-electron chi connectivity index (χ4n) is 2.60. The number of benzene rings is 1. The molecule has 0 saturated carbocycles. The monoisotopic (exact) mass is 317 g/mol. The maximum absolute atomic E-state index is 4.71. The minimum absolute atomic E-state index is 0.438. The first kappa shape index (κ1) is 11.3. The lowest BCUT2D eigenvalue weighted by molar-refractivity contribution is 0.707. The molecular weight excluding hydrogens is 306 g/mol. The Kier molecular flexibility index (Phi) is 2.53. The van der Waals surface area contributed by atoms with Crippen molar-refractivity contribution in [2.75, 3.05) is 13.1 Å². The number of hydrogen-bond acceptors (Lipinski definition) is 4. The zero-order valence-electron chi connectivity index (χ0n) is 10.2. The summed E-state index contributed by atoms with van der Waals surface area (Å²) in [6, 6.07) is 4.10. The van der Waals surface area contributed by atoms with Crippen LogP contribution in [0.4, 0.5) is 0 Å². The SMILES string of the molecule is Brc1n[nH]c2cc3cnc(C4CCNC4)nc3cc12. The van der Waals surface area contributed by atoms with Crippen LogP contribution >= 0.6 is 15.9 Å². The molecule has 0 amide bonds. The minimum Gasteiger partial charge on any atom is -0.316 e. The lowest BCUT2D eigenvalue weighted by Crippen LogP contribution is -2.10. The van der Waals surface area contributed by atoms with E-state index in [2.05, 4.69) is 42.5 Å². The molecule has 2 aromatic heterocycles. The van der Waals surface area contributed by atoms with E-state index in [0.717, 1.165) is 51.7 Å². The summed E-state index contributed by atoms with van der Waals surface area (Å²) in [5.74, 6) is 1.38. The lowest BCUT2D eigenvalue weighted by Gasteiger charge is -2.07. The molecule has 3 aromatic rings. The van der Waals surface area contributed by atoms with E-state index < -0.39 is 0 Å². The van der Waals surface area contributed by atoms with Gasteiger partial charge in [0.2, 0.25) is 0 Å². The molecule has 1 saturated heterocycles. The second-order valence-corrected chi connectivity index (χ2v) is 5.64. The van der Waals surface area contributed by atoms with Crippen molar-refractivity contribution < 1.29 is 0 Å². The number of hydrogen-bond donors (Lipinski definition) is 2. The van der Waals surface area contributed by atoms with E-state index >= 15 is 0 Å². The molecule has 0 bridgehead atoms. The molecule has 1 aliphatic rings. The second kappa shape index (κ2) is 4.25. The third-order valence-electron chi connectivity index (χ3n) is 3.66. The van der Waals surface area contributed by atoms with Crippen molar-refractivity contribution in [3.05, 3.63) is 28.8 Å². The molecule has 19 heavy (non-hydrogen) atoms. The number of halogens is 1. The van der Waals surface area contributed by atoms with Gasteiger partial charge in [-0.2, -0.15) is 5.10 Å². The standard InChI is InChI=1S/C13H12BrN5/c14-12-9-4-10-8(3-11(9)18-19-12)6-16-13(17-10)7-1-2-15-5-7/h3-4,6-7,15H,1-2,5H2,(H,18,19). The first-order valence-electron chi connectivity index (χ1n) is 6.32. The van der Waals surface area contributed by atoms with Gasteiger partial charge in [-0.25, -0.2) is 9.97 Å². The second-order valence-electron chi connectivity index (χ2n) is 4.89. The van der Waals surface area contributed by atoms with Crippen molar-refractivity contribution in [3.63, 3.8) is 0 Å². The minimum atomic E-state index is 0.438. The van der Waals surface area contributed by atoms with Crippen molar-refractivity contribution in [1.82, 2.24) is 25.5 Å². The Balaban J connectivity index is 1.91. The Hall–Kier alpha value is -1.53. The van der Waals surface area contributed by atoms with Gasteiger partial charge in [-0.3, -0.25) is 5.10 Å². The molecule has 1 atom stereocenters. The molecule has 0 spiro atoms. The Morgan fingerprint density at radius 1 is 1.32 bits per heavy atom. The summed E-state index contributed by atoms with van der Waals surface area (Å²) in [7, 11) is 0. The van der Waals surface area contributed by atoms with Gasteiger partial charge >= 0.3 is 0 Å². The normalized spacial score (nSPS) is 19.5. The molecule has 1 aliphatic heterocycles. The number of nitrogens with zero attached hydrogens (tertiary/aromatic N) is 3. The quantitative estimate of drug-likeness (QED) is 0.723. The summed E-state index contributed by atoms with van der Waals surface area (Å²) < 4.78 is 0.826. The molecular formula is C13H12BrN5. The van der Waals surface area contributed by atoms with Crippen molar-refractivity contribution in [1.29, 1.82) is 0 Å². The zero-order chi connectivity index (χ0) is 12.8. The molecule has 1 aromatic carbocycles. The van der Waals surface area contributed by atoms with E-state index in [4.69, 9.17) is 4.98 Å². The first-order chi connectivity index (χ1) is 9.31. The Morgan fingerprint density at radius 3 is 3.11 bits per heavy atom. The molecule has 0 aliphatic carbocycles. The van der Waals surface area contributed by atoms with Crippen molar-refractivity contribution >= 4 is 37.7 Å². The number of aromatic amines is 1. The zero-order valence-corrected chi connectivity index (χ0v) is 11.7. The highest BCUT2D eigenvalue weighted by Gasteiger charge is 2.19. The Bertz CT molecular complexity index is 760. The topological polar surface area (TPSA) is 66.5 Å². The number of H-pyrrole nitrogens is 1. The first-order valence-corrected chi connectivity index (χ1v) is 7.11. The van der Waals surface area contributed by atoms with E-state index in [1.54, 1.807) is 0 Å². The summed E-state index contributed by atoms with van der Waals surface area (Å²) in [6.07, 6.45) is 3.02. The molecule has 5 nitrogen and oxygen atoms in total. The fourth-order valence-corrected chi connectivity index (χ4v) is 3.01. The summed E-state index contributed by atoms with van der Waals surface area (Å²) >= 11 is 3.44. The highest BCUT2D eigenvalue weighted by molar-refractivity contribution is 9.10. The lowest BCUT2D eigenvalue weighted by atomic mass is 10.1. The van der Waals surface area contributed by atoms with Crippen LogP contribution in [0.15, 0.2) is 22.9 Å². The molecule has 96 valence electrons. The highest BCUT2D eigenvalue weighted by atomic mass is 79.9. The van der Waals surface area contributed by atoms with Crippen LogP contribution in [0.5, 0.6) is 0 Å². The summed E-state index contributed by atoms with van der Waals surface area (Å²) in [4.78, 5) is 9.22. The highest BCUT2D eigenvalue weighted by Crippen LogP contribution is 2.27. The number of aromatic nitrogens is 4. The predicted octanol–water partition coefficient (Wildman–Crippen LogP) is 2.35. The van der Waals surface area contributed by atoms with Gasteiger partial charge in [-0.1, -0.05) is 0 Å². The molecule has 0 radical (unpaired) electrons. The fraction of sp³-hybridized carbons (Fsp3) is 0.308. The maximum atomic E-state index is 4.71. The smallest absolute Gasteiger partial charge is 0.135 e.